The molecule has 3 rings (SSSR count). The number of fused-ring (bicyclic) bond motifs is 1. The maximum atomic E-state index is 6.05. The lowest BCUT2D eigenvalue weighted by molar-refractivity contribution is 0.294. The number of benzene rings is 1. The second kappa shape index (κ2) is 5.02. The molecule has 3 aromatic rings. The predicted molar refractivity (Wildman–Crippen MR) is 77.9 cm³/mol. The Morgan fingerprint density at radius 1 is 1.20 bits per heavy atom. The van der Waals surface area contributed by atoms with Gasteiger partial charge in [-0.1, -0.05) is 23.7 Å². The second-order valence-corrected chi connectivity index (χ2v) is 4.83. The summed E-state index contributed by atoms with van der Waals surface area (Å²) in [6.45, 7) is 2.24. The lowest BCUT2D eigenvalue weighted by Gasteiger charge is -2.08. The molecule has 1 aromatic carbocycles. The highest BCUT2D eigenvalue weighted by atomic mass is 35.5. The summed E-state index contributed by atoms with van der Waals surface area (Å²) < 4.78 is 7.57. The Labute approximate surface area is 121 Å². The molecule has 0 bridgehead atoms. The molecule has 2 N–H and O–H groups in total. The number of rotatable bonds is 3. The van der Waals surface area contributed by atoms with Gasteiger partial charge in [0.2, 0.25) is 0 Å². The van der Waals surface area contributed by atoms with Crippen molar-refractivity contribution in [2.45, 2.75) is 13.5 Å². The summed E-state index contributed by atoms with van der Waals surface area (Å²) in [5, 5.41) is 8.78. The zero-order chi connectivity index (χ0) is 14.1. The number of nitrogen functional groups attached to an aromatic ring is 1. The van der Waals surface area contributed by atoms with Crippen molar-refractivity contribution < 1.29 is 4.74 Å². The Hall–Kier alpha value is -2.27. The summed E-state index contributed by atoms with van der Waals surface area (Å²) in [4.78, 5) is 0. The summed E-state index contributed by atoms with van der Waals surface area (Å²) >= 11 is 6.05. The van der Waals surface area contributed by atoms with Gasteiger partial charge < -0.3 is 10.5 Å². The Kier molecular flexibility index (Phi) is 3.20. The summed E-state index contributed by atoms with van der Waals surface area (Å²) in [6, 6.07) is 11.1. The van der Waals surface area contributed by atoms with Crippen molar-refractivity contribution in [3.8, 4) is 5.75 Å². The number of anilines is 1. The summed E-state index contributed by atoms with van der Waals surface area (Å²) in [6.07, 6.45) is 0. The number of para-hydroxylation sites is 1. The van der Waals surface area contributed by atoms with E-state index in [1.807, 2.05) is 41.7 Å². The molecule has 0 aliphatic carbocycles. The third-order valence-electron chi connectivity index (χ3n) is 3.04. The molecule has 0 amide bonds. The largest absolute Gasteiger partial charge is 0.484 e. The Bertz CT molecular complexity index is 769. The lowest BCUT2D eigenvalue weighted by Crippen LogP contribution is -2.04. The molecule has 0 aliphatic rings. The summed E-state index contributed by atoms with van der Waals surface area (Å²) in [7, 11) is 0. The number of halogens is 1. The van der Waals surface area contributed by atoms with Crippen LogP contribution in [0.5, 0.6) is 5.75 Å². The van der Waals surface area contributed by atoms with Crippen LogP contribution in [0.4, 0.5) is 5.69 Å². The Morgan fingerprint density at radius 2 is 2.00 bits per heavy atom. The molecule has 5 nitrogen and oxygen atoms in total. The number of aryl methyl sites for hydroxylation is 1. The minimum atomic E-state index is 0.273. The minimum Gasteiger partial charge on any atom is -0.484 e. The number of ether oxygens (including phenoxy) is 1. The van der Waals surface area contributed by atoms with Gasteiger partial charge in [0.05, 0.1) is 10.7 Å². The quantitative estimate of drug-likeness (QED) is 0.805. The number of pyridine rings is 1. The maximum Gasteiger partial charge on any atom is 0.184 e. The van der Waals surface area contributed by atoms with Crippen LogP contribution < -0.4 is 10.5 Å². The van der Waals surface area contributed by atoms with Crippen molar-refractivity contribution in [2.75, 3.05) is 5.73 Å². The van der Waals surface area contributed by atoms with Crippen LogP contribution in [0, 0.1) is 6.92 Å². The summed E-state index contributed by atoms with van der Waals surface area (Å²) in [5.41, 5.74) is 8.11. The van der Waals surface area contributed by atoms with Gasteiger partial charge >= 0.3 is 0 Å². The number of aromatic nitrogens is 3. The van der Waals surface area contributed by atoms with E-state index in [9.17, 15) is 0 Å². The van der Waals surface area contributed by atoms with E-state index in [2.05, 4.69) is 10.2 Å². The predicted octanol–water partition coefficient (Wildman–Crippen LogP) is 2.85. The third-order valence-corrected chi connectivity index (χ3v) is 3.35. The van der Waals surface area contributed by atoms with Crippen LogP contribution in [0.3, 0.4) is 0 Å². The zero-order valence-corrected chi connectivity index (χ0v) is 11.6. The van der Waals surface area contributed by atoms with Crippen LogP contribution in [0.2, 0.25) is 5.02 Å². The van der Waals surface area contributed by atoms with E-state index in [4.69, 9.17) is 22.1 Å². The van der Waals surface area contributed by atoms with E-state index in [-0.39, 0.29) is 6.61 Å². The number of hydrogen-bond acceptors (Lipinski definition) is 4. The van der Waals surface area contributed by atoms with Crippen molar-refractivity contribution in [3.63, 3.8) is 0 Å². The van der Waals surface area contributed by atoms with Crippen molar-refractivity contribution in [3.05, 3.63) is 52.9 Å². The van der Waals surface area contributed by atoms with E-state index in [0.29, 0.717) is 27.9 Å². The van der Waals surface area contributed by atoms with Crippen LogP contribution in [0.15, 0.2) is 36.4 Å². The fraction of sp³-hybridized carbons (Fsp3) is 0.143. The highest BCUT2D eigenvalue weighted by Gasteiger charge is 2.11. The van der Waals surface area contributed by atoms with Gasteiger partial charge in [-0.25, -0.2) is 0 Å². The molecule has 0 unspecified atom stereocenters. The van der Waals surface area contributed by atoms with Crippen molar-refractivity contribution in [1.29, 1.82) is 0 Å². The molecule has 2 aromatic heterocycles. The van der Waals surface area contributed by atoms with Crippen molar-refractivity contribution in [1.82, 2.24) is 14.6 Å². The molecule has 0 saturated carbocycles. The molecular weight excluding hydrogens is 276 g/mol. The fourth-order valence-electron chi connectivity index (χ4n) is 2.03. The summed E-state index contributed by atoms with van der Waals surface area (Å²) in [5.74, 6) is 1.30. The Morgan fingerprint density at radius 3 is 2.80 bits per heavy atom. The molecule has 0 aliphatic heterocycles. The smallest absolute Gasteiger partial charge is 0.184 e. The average molecular weight is 289 g/mol. The molecule has 0 atom stereocenters. The van der Waals surface area contributed by atoms with Gasteiger partial charge in [0, 0.05) is 5.69 Å². The monoisotopic (exact) mass is 288 g/mol. The van der Waals surface area contributed by atoms with Crippen LogP contribution in [0.25, 0.3) is 5.65 Å². The van der Waals surface area contributed by atoms with Crippen LogP contribution in [-0.2, 0) is 6.61 Å². The SMILES string of the molecule is Cc1ccc(N)c2nnc(COc3ccccc3Cl)n12. The fourth-order valence-corrected chi connectivity index (χ4v) is 2.22. The number of nitrogens with zero attached hydrogens (tertiary/aromatic N) is 3. The molecular formula is C14H13ClN4O. The first kappa shape index (κ1) is 12.7. The van der Waals surface area contributed by atoms with Gasteiger partial charge in [-0.3, -0.25) is 4.40 Å². The van der Waals surface area contributed by atoms with Gasteiger partial charge in [-0.05, 0) is 31.2 Å². The molecule has 2 heterocycles. The van der Waals surface area contributed by atoms with Crippen LogP contribution in [-0.4, -0.2) is 14.6 Å². The molecule has 20 heavy (non-hydrogen) atoms. The average Bonchev–Trinajstić information content (AvgIpc) is 2.87. The van der Waals surface area contributed by atoms with Crippen LogP contribution in [0.1, 0.15) is 11.5 Å². The van der Waals surface area contributed by atoms with E-state index in [1.54, 1.807) is 6.07 Å². The number of nitrogens with two attached hydrogens (primary N) is 1. The first-order valence-electron chi connectivity index (χ1n) is 6.13. The third kappa shape index (κ3) is 2.16. The molecule has 0 saturated heterocycles. The highest BCUT2D eigenvalue weighted by molar-refractivity contribution is 6.32. The molecule has 0 fully saturated rings. The van der Waals surface area contributed by atoms with Gasteiger partial charge in [0.25, 0.3) is 0 Å². The second-order valence-electron chi connectivity index (χ2n) is 4.42. The molecule has 102 valence electrons. The van der Waals surface area contributed by atoms with Crippen molar-refractivity contribution >= 4 is 22.9 Å². The van der Waals surface area contributed by atoms with Crippen molar-refractivity contribution in [2.24, 2.45) is 0 Å². The maximum absolute atomic E-state index is 6.05. The first-order chi connectivity index (χ1) is 9.66. The van der Waals surface area contributed by atoms with Gasteiger partial charge in [-0.15, -0.1) is 10.2 Å². The van der Waals surface area contributed by atoms with E-state index < -0.39 is 0 Å². The minimum absolute atomic E-state index is 0.273. The van der Waals surface area contributed by atoms with Gasteiger partial charge in [0.1, 0.15) is 12.4 Å². The standard InChI is InChI=1S/C14H13ClN4O/c1-9-6-7-11(16)14-18-17-13(19(9)14)8-20-12-5-3-2-4-10(12)15/h2-7H,8,16H2,1H3. The lowest BCUT2D eigenvalue weighted by atomic mass is 10.3. The van der Waals surface area contributed by atoms with E-state index in [0.717, 1.165) is 5.69 Å². The van der Waals surface area contributed by atoms with Gasteiger partial charge in [-0.2, -0.15) is 0 Å². The van der Waals surface area contributed by atoms with E-state index >= 15 is 0 Å². The topological polar surface area (TPSA) is 65.4 Å². The normalized spacial score (nSPS) is 10.9. The van der Waals surface area contributed by atoms with E-state index in [1.165, 1.54) is 0 Å². The van der Waals surface area contributed by atoms with Gasteiger partial charge in [0.15, 0.2) is 11.5 Å². The highest BCUT2D eigenvalue weighted by Crippen LogP contribution is 2.24. The van der Waals surface area contributed by atoms with Crippen LogP contribution >= 0.6 is 11.6 Å². The first-order valence-corrected chi connectivity index (χ1v) is 6.51. The molecule has 0 radical (unpaired) electrons. The molecule has 0 spiro atoms. The zero-order valence-electron chi connectivity index (χ0n) is 10.9. The Balaban J connectivity index is 1.92. The molecule has 6 heteroatoms. The number of hydrogen-bond donors (Lipinski definition) is 1.